The molecule has 0 unspecified atom stereocenters. The minimum absolute atomic E-state index is 0.117. The summed E-state index contributed by atoms with van der Waals surface area (Å²) in [5.41, 5.74) is 2.18. The smallest absolute Gasteiger partial charge is 0.134 e. The standard InChI is InChI=1S/C10H11NO2/c1-7-5-9(6-8(2)12)3-4-10(7)11-13/h3-5H,6H2,1-2H3. The first-order chi connectivity index (χ1) is 6.13. The van der Waals surface area contributed by atoms with E-state index in [1.165, 1.54) is 0 Å². The fraction of sp³-hybridized carbons (Fsp3) is 0.300. The van der Waals surface area contributed by atoms with E-state index in [9.17, 15) is 9.70 Å². The van der Waals surface area contributed by atoms with E-state index in [2.05, 4.69) is 5.18 Å². The van der Waals surface area contributed by atoms with Crippen LogP contribution in [0.4, 0.5) is 5.69 Å². The quantitative estimate of drug-likeness (QED) is 0.666. The van der Waals surface area contributed by atoms with E-state index < -0.39 is 0 Å². The van der Waals surface area contributed by atoms with Gasteiger partial charge in [-0.2, -0.15) is 0 Å². The van der Waals surface area contributed by atoms with Crippen molar-refractivity contribution in [1.82, 2.24) is 0 Å². The van der Waals surface area contributed by atoms with E-state index in [1.807, 2.05) is 6.07 Å². The highest BCUT2D eigenvalue weighted by atomic mass is 16.3. The number of carbonyl (C=O) groups is 1. The Bertz CT molecular complexity index is 345. The highest BCUT2D eigenvalue weighted by molar-refractivity contribution is 5.78. The average Bonchev–Trinajstić information content (AvgIpc) is 2.03. The summed E-state index contributed by atoms with van der Waals surface area (Å²) in [5.74, 6) is 0.117. The Labute approximate surface area is 76.7 Å². The summed E-state index contributed by atoms with van der Waals surface area (Å²) in [5, 5.41) is 2.86. The van der Waals surface area contributed by atoms with Crippen LogP contribution in [0.5, 0.6) is 0 Å². The van der Waals surface area contributed by atoms with Gasteiger partial charge in [0.05, 0.1) is 0 Å². The molecule has 1 rings (SSSR count). The van der Waals surface area contributed by atoms with Gasteiger partial charge in [-0.3, -0.25) is 4.79 Å². The largest absolute Gasteiger partial charge is 0.300 e. The lowest BCUT2D eigenvalue weighted by molar-refractivity contribution is -0.116. The number of ketones is 1. The second kappa shape index (κ2) is 3.94. The van der Waals surface area contributed by atoms with Crippen molar-refractivity contribution in [2.75, 3.05) is 0 Å². The monoisotopic (exact) mass is 177 g/mol. The molecule has 13 heavy (non-hydrogen) atoms. The molecule has 68 valence electrons. The molecule has 0 radical (unpaired) electrons. The van der Waals surface area contributed by atoms with Crippen molar-refractivity contribution in [3.05, 3.63) is 34.2 Å². The normalized spacial score (nSPS) is 9.69. The summed E-state index contributed by atoms with van der Waals surface area (Å²) in [6.07, 6.45) is 0.417. The Hall–Kier alpha value is -1.51. The molecule has 3 nitrogen and oxygen atoms in total. The Morgan fingerprint density at radius 2 is 2.15 bits per heavy atom. The van der Waals surface area contributed by atoms with Crippen LogP contribution in [0, 0.1) is 11.8 Å². The topological polar surface area (TPSA) is 46.5 Å². The van der Waals surface area contributed by atoms with Crippen molar-refractivity contribution >= 4 is 11.5 Å². The number of rotatable bonds is 3. The van der Waals surface area contributed by atoms with Crippen molar-refractivity contribution in [2.45, 2.75) is 20.3 Å². The molecule has 0 aliphatic rings. The van der Waals surface area contributed by atoms with Gasteiger partial charge in [0.1, 0.15) is 11.5 Å². The zero-order chi connectivity index (χ0) is 9.84. The first kappa shape index (κ1) is 9.58. The van der Waals surface area contributed by atoms with Gasteiger partial charge in [0.25, 0.3) is 0 Å². The van der Waals surface area contributed by atoms with E-state index in [0.717, 1.165) is 11.1 Å². The Morgan fingerprint density at radius 3 is 2.62 bits per heavy atom. The summed E-state index contributed by atoms with van der Waals surface area (Å²) in [6.45, 7) is 3.35. The van der Waals surface area contributed by atoms with Gasteiger partial charge in [0.2, 0.25) is 0 Å². The Morgan fingerprint density at radius 1 is 1.46 bits per heavy atom. The Balaban J connectivity index is 2.95. The maximum atomic E-state index is 10.8. The molecule has 0 fully saturated rings. The first-order valence-corrected chi connectivity index (χ1v) is 4.06. The number of hydrogen-bond donors (Lipinski definition) is 0. The lowest BCUT2D eigenvalue weighted by Gasteiger charge is -2.00. The van der Waals surface area contributed by atoms with Gasteiger partial charge in [0.15, 0.2) is 0 Å². The molecule has 3 heteroatoms. The zero-order valence-electron chi connectivity index (χ0n) is 7.70. The number of benzene rings is 1. The number of aryl methyl sites for hydroxylation is 1. The molecular formula is C10H11NO2. The molecule has 0 saturated carbocycles. The van der Waals surface area contributed by atoms with Gasteiger partial charge in [-0.15, -0.1) is 4.91 Å². The number of nitrogens with zero attached hydrogens (tertiary/aromatic N) is 1. The molecular weight excluding hydrogens is 166 g/mol. The Kier molecular flexibility index (Phi) is 2.90. The lowest BCUT2D eigenvalue weighted by Crippen LogP contribution is -1.96. The minimum atomic E-state index is 0.117. The van der Waals surface area contributed by atoms with Gasteiger partial charge < -0.3 is 0 Å². The van der Waals surface area contributed by atoms with Crippen LogP contribution in [-0.4, -0.2) is 5.78 Å². The second-order valence-electron chi connectivity index (χ2n) is 3.09. The van der Waals surface area contributed by atoms with Crippen LogP contribution < -0.4 is 0 Å². The summed E-state index contributed by atoms with van der Waals surface area (Å²) in [6, 6.07) is 5.21. The van der Waals surface area contributed by atoms with E-state index in [4.69, 9.17) is 0 Å². The summed E-state index contributed by atoms with van der Waals surface area (Å²) >= 11 is 0. The molecule has 0 aliphatic heterocycles. The molecule has 1 aromatic carbocycles. The van der Waals surface area contributed by atoms with Crippen LogP contribution >= 0.6 is 0 Å². The van der Waals surface area contributed by atoms with Crippen molar-refractivity contribution in [2.24, 2.45) is 5.18 Å². The highest BCUT2D eigenvalue weighted by Gasteiger charge is 2.01. The van der Waals surface area contributed by atoms with Crippen LogP contribution in [0.15, 0.2) is 23.4 Å². The van der Waals surface area contributed by atoms with Gasteiger partial charge in [0, 0.05) is 6.42 Å². The average molecular weight is 177 g/mol. The lowest BCUT2D eigenvalue weighted by atomic mass is 10.1. The van der Waals surface area contributed by atoms with Gasteiger partial charge in [-0.1, -0.05) is 12.1 Å². The van der Waals surface area contributed by atoms with Gasteiger partial charge >= 0.3 is 0 Å². The number of Topliss-reactive ketones (excluding diaryl/α,β-unsaturated/α-hetero) is 1. The van der Waals surface area contributed by atoms with Crippen molar-refractivity contribution in [3.63, 3.8) is 0 Å². The molecule has 0 spiro atoms. The van der Waals surface area contributed by atoms with Crippen molar-refractivity contribution in [3.8, 4) is 0 Å². The molecule has 0 heterocycles. The van der Waals surface area contributed by atoms with Gasteiger partial charge in [-0.05, 0) is 36.2 Å². The maximum absolute atomic E-state index is 10.8. The number of hydrogen-bond acceptors (Lipinski definition) is 3. The second-order valence-corrected chi connectivity index (χ2v) is 3.09. The number of carbonyl (C=O) groups excluding carboxylic acids is 1. The molecule has 0 aromatic heterocycles. The molecule has 1 aromatic rings. The van der Waals surface area contributed by atoms with E-state index in [1.54, 1.807) is 26.0 Å². The van der Waals surface area contributed by atoms with Crippen LogP contribution in [0.25, 0.3) is 0 Å². The summed E-state index contributed by atoms with van der Waals surface area (Å²) < 4.78 is 0. The van der Waals surface area contributed by atoms with Crippen molar-refractivity contribution < 1.29 is 4.79 Å². The molecule has 0 bridgehead atoms. The fourth-order valence-corrected chi connectivity index (χ4v) is 1.22. The van der Waals surface area contributed by atoms with E-state index in [-0.39, 0.29) is 5.78 Å². The minimum Gasteiger partial charge on any atom is -0.300 e. The molecule has 0 atom stereocenters. The predicted octanol–water partition coefficient (Wildman–Crippen LogP) is 2.52. The summed E-state index contributed by atoms with van der Waals surface area (Å²) in [7, 11) is 0. The highest BCUT2D eigenvalue weighted by Crippen LogP contribution is 2.19. The third-order valence-corrected chi connectivity index (χ3v) is 1.81. The fourth-order valence-electron chi connectivity index (χ4n) is 1.22. The number of nitroso groups, excluding NO2 is 1. The third kappa shape index (κ3) is 2.47. The maximum Gasteiger partial charge on any atom is 0.134 e. The third-order valence-electron chi connectivity index (χ3n) is 1.81. The van der Waals surface area contributed by atoms with E-state index in [0.29, 0.717) is 12.1 Å². The summed E-state index contributed by atoms with van der Waals surface area (Å²) in [4.78, 5) is 21.0. The van der Waals surface area contributed by atoms with Crippen molar-refractivity contribution in [1.29, 1.82) is 0 Å². The van der Waals surface area contributed by atoms with Crippen LogP contribution in [0.3, 0.4) is 0 Å². The molecule has 0 amide bonds. The zero-order valence-corrected chi connectivity index (χ0v) is 7.70. The predicted molar refractivity (Wildman–Crippen MR) is 51.0 cm³/mol. The van der Waals surface area contributed by atoms with Gasteiger partial charge in [-0.25, -0.2) is 0 Å². The van der Waals surface area contributed by atoms with Crippen LogP contribution in [0.2, 0.25) is 0 Å². The molecule has 0 N–H and O–H groups in total. The van der Waals surface area contributed by atoms with Crippen LogP contribution in [-0.2, 0) is 11.2 Å². The molecule has 0 aliphatic carbocycles. The van der Waals surface area contributed by atoms with Crippen LogP contribution in [0.1, 0.15) is 18.1 Å². The first-order valence-electron chi connectivity index (χ1n) is 4.06. The SMILES string of the molecule is CC(=O)Cc1ccc(N=O)c(C)c1. The molecule has 0 saturated heterocycles. The van der Waals surface area contributed by atoms with E-state index >= 15 is 0 Å².